The SMILES string of the molecule is O=C1CSC(c2cccnc2)N1CC1CCCCC1. The molecule has 0 N–H and O–H groups in total. The third-order valence-corrected chi connectivity index (χ3v) is 5.37. The summed E-state index contributed by atoms with van der Waals surface area (Å²) in [5.74, 6) is 1.62. The Kier molecular flexibility index (Phi) is 4.06. The normalized spacial score (nSPS) is 24.9. The van der Waals surface area contributed by atoms with E-state index in [4.69, 9.17) is 0 Å². The van der Waals surface area contributed by atoms with Crippen molar-refractivity contribution >= 4 is 17.7 Å². The minimum atomic E-state index is 0.183. The Bertz CT molecular complexity index is 431. The van der Waals surface area contributed by atoms with Gasteiger partial charge in [0.15, 0.2) is 0 Å². The van der Waals surface area contributed by atoms with Crippen molar-refractivity contribution in [2.24, 2.45) is 5.92 Å². The fraction of sp³-hybridized carbons (Fsp3) is 0.600. The number of pyridine rings is 1. The van der Waals surface area contributed by atoms with Crippen molar-refractivity contribution in [3.63, 3.8) is 0 Å². The van der Waals surface area contributed by atoms with Gasteiger partial charge in [-0.25, -0.2) is 0 Å². The molecular formula is C15H20N2OS. The average Bonchev–Trinajstić information content (AvgIpc) is 2.82. The van der Waals surface area contributed by atoms with Crippen LogP contribution in [0.1, 0.15) is 43.0 Å². The van der Waals surface area contributed by atoms with E-state index in [1.807, 2.05) is 12.3 Å². The first kappa shape index (κ1) is 13.0. The molecule has 1 aromatic rings. The van der Waals surface area contributed by atoms with Gasteiger partial charge < -0.3 is 4.90 Å². The highest BCUT2D eigenvalue weighted by Crippen LogP contribution is 2.39. The third-order valence-electron chi connectivity index (χ3n) is 4.12. The predicted molar refractivity (Wildman–Crippen MR) is 77.7 cm³/mol. The van der Waals surface area contributed by atoms with Crippen LogP contribution in [0.4, 0.5) is 0 Å². The zero-order chi connectivity index (χ0) is 13.1. The molecule has 1 atom stereocenters. The third kappa shape index (κ3) is 2.94. The van der Waals surface area contributed by atoms with Crippen LogP contribution in [-0.4, -0.2) is 28.1 Å². The number of hydrogen-bond donors (Lipinski definition) is 0. The minimum Gasteiger partial charge on any atom is -0.325 e. The minimum absolute atomic E-state index is 0.183. The monoisotopic (exact) mass is 276 g/mol. The van der Waals surface area contributed by atoms with Gasteiger partial charge in [0.05, 0.1) is 5.75 Å². The van der Waals surface area contributed by atoms with Crippen LogP contribution in [0.2, 0.25) is 0 Å². The molecule has 0 aromatic carbocycles. The standard InChI is InChI=1S/C15H20N2OS/c18-14-11-19-15(13-7-4-8-16-9-13)17(14)10-12-5-2-1-3-6-12/h4,7-9,12,15H,1-3,5-6,10-11H2. The number of amides is 1. The van der Waals surface area contributed by atoms with E-state index in [2.05, 4.69) is 16.0 Å². The van der Waals surface area contributed by atoms with Gasteiger partial charge in [0, 0.05) is 24.5 Å². The summed E-state index contributed by atoms with van der Waals surface area (Å²) in [5.41, 5.74) is 1.16. The Hall–Kier alpha value is -1.03. The topological polar surface area (TPSA) is 33.2 Å². The van der Waals surface area contributed by atoms with Crippen LogP contribution < -0.4 is 0 Å². The first-order valence-corrected chi connectivity index (χ1v) is 8.20. The lowest BCUT2D eigenvalue weighted by Gasteiger charge is -2.30. The lowest BCUT2D eigenvalue weighted by Crippen LogP contribution is -2.34. The molecule has 2 heterocycles. The molecule has 1 amide bonds. The molecular weight excluding hydrogens is 256 g/mol. The molecule has 0 bridgehead atoms. The van der Waals surface area contributed by atoms with E-state index in [1.165, 1.54) is 32.1 Å². The molecule has 0 radical (unpaired) electrons. The van der Waals surface area contributed by atoms with Crippen LogP contribution in [0.5, 0.6) is 0 Å². The molecule has 3 nitrogen and oxygen atoms in total. The summed E-state index contributed by atoms with van der Waals surface area (Å²) < 4.78 is 0. The molecule has 19 heavy (non-hydrogen) atoms. The summed E-state index contributed by atoms with van der Waals surface area (Å²) in [6, 6.07) is 4.04. The number of rotatable bonds is 3. The molecule has 102 valence electrons. The fourth-order valence-corrected chi connectivity index (χ4v) is 4.28. The van der Waals surface area contributed by atoms with Crippen LogP contribution in [0.15, 0.2) is 24.5 Å². The Labute approximate surface area is 118 Å². The van der Waals surface area contributed by atoms with Crippen LogP contribution in [0, 0.1) is 5.92 Å². The van der Waals surface area contributed by atoms with Gasteiger partial charge in [-0.05, 0) is 24.8 Å². The number of nitrogens with zero attached hydrogens (tertiary/aromatic N) is 2. The fourth-order valence-electron chi connectivity index (χ4n) is 3.10. The van der Waals surface area contributed by atoms with Crippen molar-refractivity contribution in [2.45, 2.75) is 37.5 Å². The first-order valence-electron chi connectivity index (χ1n) is 7.15. The zero-order valence-corrected chi connectivity index (χ0v) is 11.9. The highest BCUT2D eigenvalue weighted by molar-refractivity contribution is 8.00. The van der Waals surface area contributed by atoms with Crippen molar-refractivity contribution in [2.75, 3.05) is 12.3 Å². The molecule has 1 saturated carbocycles. The van der Waals surface area contributed by atoms with Gasteiger partial charge in [0.2, 0.25) is 5.91 Å². The number of aromatic nitrogens is 1. The lowest BCUT2D eigenvalue weighted by atomic mass is 9.89. The molecule has 3 rings (SSSR count). The number of hydrogen-bond acceptors (Lipinski definition) is 3. The number of thioether (sulfide) groups is 1. The Morgan fingerprint density at radius 3 is 2.89 bits per heavy atom. The van der Waals surface area contributed by atoms with E-state index in [0.717, 1.165) is 12.1 Å². The molecule has 2 fully saturated rings. The van der Waals surface area contributed by atoms with E-state index < -0.39 is 0 Å². The summed E-state index contributed by atoms with van der Waals surface area (Å²) in [7, 11) is 0. The lowest BCUT2D eigenvalue weighted by molar-refractivity contribution is -0.128. The maximum atomic E-state index is 12.1. The highest BCUT2D eigenvalue weighted by Gasteiger charge is 2.34. The van der Waals surface area contributed by atoms with E-state index >= 15 is 0 Å². The van der Waals surface area contributed by atoms with E-state index in [1.54, 1.807) is 18.0 Å². The first-order chi connectivity index (χ1) is 9.34. The summed E-state index contributed by atoms with van der Waals surface area (Å²) in [5, 5.41) is 0.183. The van der Waals surface area contributed by atoms with Crippen LogP contribution >= 0.6 is 11.8 Å². The number of carbonyl (C=O) groups excluding carboxylic acids is 1. The van der Waals surface area contributed by atoms with Gasteiger partial charge in [0.25, 0.3) is 0 Å². The van der Waals surface area contributed by atoms with Gasteiger partial charge >= 0.3 is 0 Å². The Morgan fingerprint density at radius 1 is 1.32 bits per heavy atom. The molecule has 2 aliphatic rings. The summed E-state index contributed by atoms with van der Waals surface area (Å²) in [4.78, 5) is 18.4. The highest BCUT2D eigenvalue weighted by atomic mass is 32.2. The molecule has 0 spiro atoms. The Morgan fingerprint density at radius 2 is 2.16 bits per heavy atom. The second-order valence-electron chi connectivity index (χ2n) is 5.50. The second kappa shape index (κ2) is 5.95. The maximum absolute atomic E-state index is 12.1. The average molecular weight is 276 g/mol. The molecule has 1 unspecified atom stereocenters. The molecule has 1 saturated heterocycles. The summed E-state index contributed by atoms with van der Waals surface area (Å²) in [6.45, 7) is 0.936. The Balaban J connectivity index is 1.71. The molecule has 1 aromatic heterocycles. The molecule has 1 aliphatic carbocycles. The second-order valence-corrected chi connectivity index (χ2v) is 6.57. The van der Waals surface area contributed by atoms with Crippen LogP contribution in [0.3, 0.4) is 0 Å². The quantitative estimate of drug-likeness (QED) is 0.849. The van der Waals surface area contributed by atoms with Gasteiger partial charge in [-0.3, -0.25) is 9.78 Å². The largest absolute Gasteiger partial charge is 0.325 e. The maximum Gasteiger partial charge on any atom is 0.233 e. The predicted octanol–water partition coefficient (Wildman–Crippen LogP) is 3.24. The van der Waals surface area contributed by atoms with Gasteiger partial charge in [-0.15, -0.1) is 11.8 Å². The van der Waals surface area contributed by atoms with E-state index in [-0.39, 0.29) is 5.37 Å². The number of carbonyl (C=O) groups is 1. The molecule has 1 aliphatic heterocycles. The van der Waals surface area contributed by atoms with E-state index in [0.29, 0.717) is 17.6 Å². The van der Waals surface area contributed by atoms with Gasteiger partial charge in [0.1, 0.15) is 5.37 Å². The summed E-state index contributed by atoms with van der Waals surface area (Å²) >= 11 is 1.74. The van der Waals surface area contributed by atoms with Gasteiger partial charge in [-0.2, -0.15) is 0 Å². The van der Waals surface area contributed by atoms with Crippen molar-refractivity contribution in [3.05, 3.63) is 30.1 Å². The van der Waals surface area contributed by atoms with Crippen molar-refractivity contribution in [3.8, 4) is 0 Å². The zero-order valence-electron chi connectivity index (χ0n) is 11.1. The van der Waals surface area contributed by atoms with Crippen molar-refractivity contribution < 1.29 is 4.79 Å². The van der Waals surface area contributed by atoms with Crippen molar-refractivity contribution in [1.82, 2.24) is 9.88 Å². The van der Waals surface area contributed by atoms with Gasteiger partial charge in [-0.1, -0.05) is 25.3 Å². The van der Waals surface area contributed by atoms with Crippen LogP contribution in [0.25, 0.3) is 0 Å². The van der Waals surface area contributed by atoms with Crippen LogP contribution in [-0.2, 0) is 4.79 Å². The van der Waals surface area contributed by atoms with E-state index in [9.17, 15) is 4.79 Å². The summed E-state index contributed by atoms with van der Waals surface area (Å²) in [6.07, 6.45) is 10.3. The molecule has 4 heteroatoms. The van der Waals surface area contributed by atoms with Crippen molar-refractivity contribution in [1.29, 1.82) is 0 Å². The smallest absolute Gasteiger partial charge is 0.233 e.